The van der Waals surface area contributed by atoms with Gasteiger partial charge in [0.25, 0.3) is 0 Å². The van der Waals surface area contributed by atoms with Gasteiger partial charge in [0.1, 0.15) is 0 Å². The monoisotopic (exact) mass is 253 g/mol. The third-order valence-electron chi connectivity index (χ3n) is 2.51. The Kier molecular flexibility index (Phi) is 5.30. The molecule has 0 spiro atoms. The highest BCUT2D eigenvalue weighted by Crippen LogP contribution is 2.38. The van der Waals surface area contributed by atoms with Crippen molar-refractivity contribution in [1.29, 1.82) is 0 Å². The lowest BCUT2D eigenvalue weighted by Gasteiger charge is -2.14. The number of hydrogen-bond acceptors (Lipinski definition) is 4. The number of carbonyl (C=O) groups excluding carboxylic acids is 1. The summed E-state index contributed by atoms with van der Waals surface area (Å²) < 4.78 is 15.7. The maximum atomic E-state index is 10.8. The largest absolute Gasteiger partial charge is 0.493 e. The van der Waals surface area contributed by atoms with Crippen molar-refractivity contribution in [2.75, 3.05) is 27.9 Å². The lowest BCUT2D eigenvalue weighted by atomic mass is 10.1. The zero-order chi connectivity index (χ0) is 13.5. The van der Waals surface area contributed by atoms with Gasteiger partial charge in [0.15, 0.2) is 11.5 Å². The number of amides is 1. The second kappa shape index (κ2) is 6.74. The van der Waals surface area contributed by atoms with Gasteiger partial charge in [-0.05, 0) is 24.1 Å². The molecule has 0 aromatic heterocycles. The zero-order valence-electron chi connectivity index (χ0n) is 11.2. The van der Waals surface area contributed by atoms with E-state index in [-0.39, 0.29) is 5.91 Å². The Morgan fingerprint density at radius 3 is 2.06 bits per heavy atom. The topological polar surface area (TPSA) is 56.8 Å². The standard InChI is InChI=1S/C13H19NO4/c1-9(15)14-6-5-10-7-11(16-2)13(18-4)12(8-10)17-3/h7-8H,5-6H2,1-4H3,(H,14,15). The van der Waals surface area contributed by atoms with Gasteiger partial charge in [0.05, 0.1) is 21.3 Å². The maximum Gasteiger partial charge on any atom is 0.216 e. The summed E-state index contributed by atoms with van der Waals surface area (Å²) in [6, 6.07) is 3.76. The first-order valence-corrected chi connectivity index (χ1v) is 5.65. The van der Waals surface area contributed by atoms with Gasteiger partial charge in [-0.2, -0.15) is 0 Å². The molecule has 0 unspecified atom stereocenters. The van der Waals surface area contributed by atoms with E-state index in [1.165, 1.54) is 6.92 Å². The summed E-state index contributed by atoms with van der Waals surface area (Å²) in [5.74, 6) is 1.77. The van der Waals surface area contributed by atoms with Crippen LogP contribution in [0.5, 0.6) is 17.2 Å². The minimum atomic E-state index is -0.0394. The van der Waals surface area contributed by atoms with E-state index >= 15 is 0 Å². The van der Waals surface area contributed by atoms with Crippen LogP contribution in [0, 0.1) is 0 Å². The Hall–Kier alpha value is -1.91. The molecule has 5 nitrogen and oxygen atoms in total. The van der Waals surface area contributed by atoms with Crippen LogP contribution in [0.25, 0.3) is 0 Å². The third-order valence-corrected chi connectivity index (χ3v) is 2.51. The number of nitrogens with one attached hydrogen (secondary N) is 1. The fourth-order valence-corrected chi connectivity index (χ4v) is 1.66. The lowest BCUT2D eigenvalue weighted by molar-refractivity contribution is -0.118. The Bertz CT molecular complexity index is 392. The summed E-state index contributed by atoms with van der Waals surface area (Å²) in [6.07, 6.45) is 0.705. The van der Waals surface area contributed by atoms with Crippen molar-refractivity contribution >= 4 is 5.91 Å². The second-order valence-electron chi connectivity index (χ2n) is 3.77. The van der Waals surface area contributed by atoms with E-state index in [0.717, 1.165) is 5.56 Å². The van der Waals surface area contributed by atoms with Crippen LogP contribution in [0.1, 0.15) is 12.5 Å². The first kappa shape index (κ1) is 14.2. The first-order valence-electron chi connectivity index (χ1n) is 5.65. The highest BCUT2D eigenvalue weighted by Gasteiger charge is 2.12. The first-order chi connectivity index (χ1) is 8.62. The molecule has 1 aromatic carbocycles. The fraction of sp³-hybridized carbons (Fsp3) is 0.462. The van der Waals surface area contributed by atoms with Crippen LogP contribution in [0.15, 0.2) is 12.1 Å². The number of ether oxygens (including phenoxy) is 3. The minimum absolute atomic E-state index is 0.0394. The van der Waals surface area contributed by atoms with E-state index in [4.69, 9.17) is 14.2 Å². The molecule has 0 fully saturated rings. The Labute approximate surface area is 107 Å². The molecule has 0 aliphatic heterocycles. The molecule has 0 aliphatic rings. The molecular weight excluding hydrogens is 234 g/mol. The van der Waals surface area contributed by atoms with Crippen molar-refractivity contribution in [3.63, 3.8) is 0 Å². The molecule has 0 radical (unpaired) electrons. The molecule has 0 heterocycles. The van der Waals surface area contributed by atoms with Gasteiger partial charge in [-0.15, -0.1) is 0 Å². The highest BCUT2D eigenvalue weighted by atomic mass is 16.5. The van der Waals surface area contributed by atoms with Crippen LogP contribution < -0.4 is 19.5 Å². The summed E-state index contributed by atoms with van der Waals surface area (Å²) >= 11 is 0. The molecule has 0 aliphatic carbocycles. The summed E-state index contributed by atoms with van der Waals surface area (Å²) in [4.78, 5) is 10.8. The molecule has 0 saturated carbocycles. The number of hydrogen-bond donors (Lipinski definition) is 1. The SMILES string of the molecule is COc1cc(CCNC(C)=O)cc(OC)c1OC. The quantitative estimate of drug-likeness (QED) is 0.832. The van der Waals surface area contributed by atoms with Crippen LogP contribution in [-0.2, 0) is 11.2 Å². The Morgan fingerprint density at radius 2 is 1.67 bits per heavy atom. The minimum Gasteiger partial charge on any atom is -0.493 e. The molecule has 18 heavy (non-hydrogen) atoms. The second-order valence-corrected chi connectivity index (χ2v) is 3.77. The van der Waals surface area contributed by atoms with Crippen molar-refractivity contribution in [2.45, 2.75) is 13.3 Å². The number of methoxy groups -OCH3 is 3. The summed E-state index contributed by atoms with van der Waals surface area (Å²) in [6.45, 7) is 2.07. The van der Waals surface area contributed by atoms with Crippen molar-refractivity contribution in [3.05, 3.63) is 17.7 Å². The Morgan fingerprint density at radius 1 is 1.11 bits per heavy atom. The van der Waals surface area contributed by atoms with Crippen LogP contribution in [0.2, 0.25) is 0 Å². The molecule has 1 aromatic rings. The lowest BCUT2D eigenvalue weighted by Crippen LogP contribution is -2.22. The number of carbonyl (C=O) groups is 1. The molecule has 1 rings (SSSR count). The van der Waals surface area contributed by atoms with Crippen LogP contribution >= 0.6 is 0 Å². The third kappa shape index (κ3) is 3.55. The van der Waals surface area contributed by atoms with Gasteiger partial charge in [-0.3, -0.25) is 4.79 Å². The van der Waals surface area contributed by atoms with Gasteiger partial charge in [0.2, 0.25) is 11.7 Å². The normalized spacial score (nSPS) is 9.78. The highest BCUT2D eigenvalue weighted by molar-refractivity contribution is 5.72. The number of rotatable bonds is 6. The van der Waals surface area contributed by atoms with Crippen LogP contribution in [0.4, 0.5) is 0 Å². The van der Waals surface area contributed by atoms with Crippen LogP contribution in [-0.4, -0.2) is 33.8 Å². The van der Waals surface area contributed by atoms with Gasteiger partial charge < -0.3 is 19.5 Å². The molecular formula is C13H19NO4. The van der Waals surface area contributed by atoms with Gasteiger partial charge in [-0.25, -0.2) is 0 Å². The predicted molar refractivity (Wildman–Crippen MR) is 68.5 cm³/mol. The fourth-order valence-electron chi connectivity index (χ4n) is 1.66. The summed E-state index contributed by atoms with van der Waals surface area (Å²) in [7, 11) is 4.72. The van der Waals surface area contributed by atoms with E-state index in [2.05, 4.69) is 5.32 Å². The van der Waals surface area contributed by atoms with E-state index < -0.39 is 0 Å². The van der Waals surface area contributed by atoms with Gasteiger partial charge >= 0.3 is 0 Å². The van der Waals surface area contributed by atoms with E-state index in [0.29, 0.717) is 30.2 Å². The van der Waals surface area contributed by atoms with Crippen molar-refractivity contribution in [2.24, 2.45) is 0 Å². The average molecular weight is 253 g/mol. The van der Waals surface area contributed by atoms with Gasteiger partial charge in [0, 0.05) is 13.5 Å². The van der Waals surface area contributed by atoms with E-state index in [9.17, 15) is 4.79 Å². The molecule has 0 bridgehead atoms. The van der Waals surface area contributed by atoms with Gasteiger partial charge in [-0.1, -0.05) is 0 Å². The summed E-state index contributed by atoms with van der Waals surface area (Å²) in [5, 5.41) is 2.75. The number of benzene rings is 1. The molecule has 0 atom stereocenters. The molecule has 5 heteroatoms. The zero-order valence-corrected chi connectivity index (χ0v) is 11.2. The smallest absolute Gasteiger partial charge is 0.216 e. The average Bonchev–Trinajstić information content (AvgIpc) is 2.36. The van der Waals surface area contributed by atoms with Crippen LogP contribution in [0.3, 0.4) is 0 Å². The molecule has 100 valence electrons. The van der Waals surface area contributed by atoms with E-state index in [1.54, 1.807) is 21.3 Å². The molecule has 0 saturated heterocycles. The summed E-state index contributed by atoms with van der Waals surface area (Å²) in [5.41, 5.74) is 1.01. The maximum absolute atomic E-state index is 10.8. The van der Waals surface area contributed by atoms with Crippen molar-refractivity contribution in [3.8, 4) is 17.2 Å². The Balaban J connectivity index is 2.89. The predicted octanol–water partition coefficient (Wildman–Crippen LogP) is 1.39. The van der Waals surface area contributed by atoms with E-state index in [1.807, 2.05) is 12.1 Å². The molecule has 1 N–H and O–H groups in total. The van der Waals surface area contributed by atoms with Crippen molar-refractivity contribution < 1.29 is 19.0 Å². The molecule has 1 amide bonds. The van der Waals surface area contributed by atoms with Crippen molar-refractivity contribution in [1.82, 2.24) is 5.32 Å².